The maximum Gasteiger partial charge on any atom is 0.257 e. The summed E-state index contributed by atoms with van der Waals surface area (Å²) in [4.78, 5) is 12.3. The lowest BCUT2D eigenvalue weighted by molar-refractivity contribution is -0.123. The lowest BCUT2D eigenvalue weighted by Crippen LogP contribution is -2.46. The second-order valence-corrected chi connectivity index (χ2v) is 6.59. The van der Waals surface area contributed by atoms with Crippen molar-refractivity contribution in [2.24, 2.45) is 0 Å². The number of aryl methyl sites for hydroxylation is 1. The molecule has 0 saturated carbocycles. The van der Waals surface area contributed by atoms with E-state index in [1.165, 1.54) is 11.1 Å². The van der Waals surface area contributed by atoms with E-state index >= 15 is 0 Å². The van der Waals surface area contributed by atoms with Crippen LogP contribution in [0.5, 0.6) is 5.75 Å². The standard InChI is InChI=1S/C21H25NO3/c1-17-7-5-6-10-19(17)21(11-13-24-14-12-21)16-22-20(23)15-25-18-8-3-2-4-9-18/h2-10H,11-16H2,1H3,(H,22,23). The highest BCUT2D eigenvalue weighted by Crippen LogP contribution is 2.36. The summed E-state index contributed by atoms with van der Waals surface area (Å²) in [5, 5.41) is 3.07. The Morgan fingerprint density at radius 3 is 2.48 bits per heavy atom. The van der Waals surface area contributed by atoms with Gasteiger partial charge in [0.25, 0.3) is 5.91 Å². The molecular weight excluding hydrogens is 314 g/mol. The van der Waals surface area contributed by atoms with E-state index < -0.39 is 0 Å². The predicted molar refractivity (Wildman–Crippen MR) is 97.9 cm³/mol. The van der Waals surface area contributed by atoms with Crippen LogP contribution in [0.15, 0.2) is 54.6 Å². The van der Waals surface area contributed by atoms with Crippen molar-refractivity contribution in [1.29, 1.82) is 0 Å². The highest BCUT2D eigenvalue weighted by Gasteiger charge is 2.35. The molecule has 132 valence electrons. The van der Waals surface area contributed by atoms with Gasteiger partial charge in [0.15, 0.2) is 6.61 Å². The smallest absolute Gasteiger partial charge is 0.257 e. The summed E-state index contributed by atoms with van der Waals surface area (Å²) in [5.41, 5.74) is 2.51. The average molecular weight is 339 g/mol. The topological polar surface area (TPSA) is 47.6 Å². The van der Waals surface area contributed by atoms with Crippen LogP contribution in [-0.2, 0) is 14.9 Å². The largest absolute Gasteiger partial charge is 0.484 e. The van der Waals surface area contributed by atoms with E-state index in [2.05, 4.69) is 36.5 Å². The molecule has 0 bridgehead atoms. The molecule has 0 atom stereocenters. The number of hydrogen-bond acceptors (Lipinski definition) is 3. The first-order valence-corrected chi connectivity index (χ1v) is 8.78. The van der Waals surface area contributed by atoms with E-state index in [9.17, 15) is 4.79 Å². The van der Waals surface area contributed by atoms with Gasteiger partial charge in [-0.2, -0.15) is 0 Å². The second kappa shape index (κ2) is 8.17. The Hall–Kier alpha value is -2.33. The Morgan fingerprint density at radius 1 is 1.08 bits per heavy atom. The van der Waals surface area contributed by atoms with Gasteiger partial charge < -0.3 is 14.8 Å². The maximum atomic E-state index is 12.3. The minimum atomic E-state index is -0.0942. The molecule has 1 heterocycles. The van der Waals surface area contributed by atoms with Crippen LogP contribution in [0.1, 0.15) is 24.0 Å². The summed E-state index contributed by atoms with van der Waals surface area (Å²) in [6.45, 7) is 4.23. The van der Waals surface area contributed by atoms with Gasteiger partial charge in [0.2, 0.25) is 0 Å². The Morgan fingerprint density at radius 2 is 1.76 bits per heavy atom. The van der Waals surface area contributed by atoms with Crippen molar-refractivity contribution in [2.45, 2.75) is 25.2 Å². The molecule has 4 nitrogen and oxygen atoms in total. The number of nitrogens with one attached hydrogen (secondary N) is 1. The van der Waals surface area contributed by atoms with Gasteiger partial charge >= 0.3 is 0 Å². The first-order chi connectivity index (χ1) is 12.2. The number of benzene rings is 2. The molecule has 1 aliphatic heterocycles. The quantitative estimate of drug-likeness (QED) is 0.879. The maximum absolute atomic E-state index is 12.3. The predicted octanol–water partition coefficient (Wildman–Crippen LogP) is 3.24. The molecule has 1 N–H and O–H groups in total. The van der Waals surface area contributed by atoms with Crippen LogP contribution in [0.25, 0.3) is 0 Å². The van der Waals surface area contributed by atoms with Crippen molar-refractivity contribution in [3.63, 3.8) is 0 Å². The van der Waals surface area contributed by atoms with Crippen LogP contribution >= 0.6 is 0 Å². The zero-order valence-electron chi connectivity index (χ0n) is 14.7. The zero-order valence-corrected chi connectivity index (χ0v) is 14.7. The number of ether oxygens (including phenoxy) is 2. The number of hydrogen-bond donors (Lipinski definition) is 1. The monoisotopic (exact) mass is 339 g/mol. The number of carbonyl (C=O) groups excluding carboxylic acids is 1. The summed E-state index contributed by atoms with van der Waals surface area (Å²) < 4.78 is 11.1. The minimum Gasteiger partial charge on any atom is -0.484 e. The van der Waals surface area contributed by atoms with Crippen molar-refractivity contribution >= 4 is 5.91 Å². The highest BCUT2D eigenvalue weighted by molar-refractivity contribution is 5.77. The molecular formula is C21H25NO3. The first kappa shape index (κ1) is 17.5. The number of carbonyl (C=O) groups is 1. The van der Waals surface area contributed by atoms with Crippen LogP contribution in [-0.4, -0.2) is 32.3 Å². The van der Waals surface area contributed by atoms with E-state index in [1.54, 1.807) is 0 Å². The van der Waals surface area contributed by atoms with E-state index in [0.29, 0.717) is 12.3 Å². The molecule has 2 aromatic rings. The van der Waals surface area contributed by atoms with Gasteiger partial charge in [-0.05, 0) is 43.0 Å². The molecule has 4 heteroatoms. The highest BCUT2D eigenvalue weighted by atomic mass is 16.5. The Labute approximate surface area is 149 Å². The number of para-hydroxylation sites is 1. The SMILES string of the molecule is Cc1ccccc1C1(CNC(=O)COc2ccccc2)CCOCC1. The van der Waals surface area contributed by atoms with Crippen molar-refractivity contribution in [3.8, 4) is 5.75 Å². The van der Waals surface area contributed by atoms with Crippen LogP contribution < -0.4 is 10.1 Å². The first-order valence-electron chi connectivity index (χ1n) is 8.78. The molecule has 3 rings (SSSR count). The molecule has 1 saturated heterocycles. The lowest BCUT2D eigenvalue weighted by Gasteiger charge is -2.39. The molecule has 1 amide bonds. The van der Waals surface area contributed by atoms with Gasteiger partial charge in [-0.25, -0.2) is 0 Å². The van der Waals surface area contributed by atoms with Crippen molar-refractivity contribution in [2.75, 3.05) is 26.4 Å². The zero-order chi connectivity index (χ0) is 17.5. The Balaban J connectivity index is 1.63. The summed E-state index contributed by atoms with van der Waals surface area (Å²) in [7, 11) is 0. The van der Waals surface area contributed by atoms with Gasteiger partial charge in [0.1, 0.15) is 5.75 Å². The molecule has 0 radical (unpaired) electrons. The Bertz CT molecular complexity index is 693. The van der Waals surface area contributed by atoms with Gasteiger partial charge in [-0.15, -0.1) is 0 Å². The molecule has 1 aliphatic rings. The summed E-state index contributed by atoms with van der Waals surface area (Å²) in [6, 6.07) is 17.8. The summed E-state index contributed by atoms with van der Waals surface area (Å²) >= 11 is 0. The molecule has 0 aromatic heterocycles. The molecule has 0 spiro atoms. The summed E-state index contributed by atoms with van der Waals surface area (Å²) in [6.07, 6.45) is 1.83. The van der Waals surface area contributed by atoms with Gasteiger partial charge in [0, 0.05) is 25.2 Å². The number of rotatable bonds is 6. The van der Waals surface area contributed by atoms with Crippen LogP contribution in [0.2, 0.25) is 0 Å². The van der Waals surface area contributed by atoms with Gasteiger partial charge in [-0.1, -0.05) is 42.5 Å². The van der Waals surface area contributed by atoms with E-state index in [0.717, 1.165) is 26.1 Å². The fourth-order valence-electron chi connectivity index (χ4n) is 3.46. The number of amides is 1. The molecule has 0 aliphatic carbocycles. The minimum absolute atomic E-state index is 0.0321. The van der Waals surface area contributed by atoms with Crippen LogP contribution in [0.3, 0.4) is 0 Å². The third kappa shape index (κ3) is 4.40. The summed E-state index contributed by atoms with van der Waals surface area (Å²) in [5.74, 6) is 0.612. The van der Waals surface area contributed by atoms with Gasteiger partial charge in [0.05, 0.1) is 0 Å². The van der Waals surface area contributed by atoms with Crippen molar-refractivity contribution < 1.29 is 14.3 Å². The Kier molecular flexibility index (Phi) is 5.71. The van der Waals surface area contributed by atoms with E-state index in [-0.39, 0.29) is 17.9 Å². The van der Waals surface area contributed by atoms with Gasteiger partial charge in [-0.3, -0.25) is 4.79 Å². The molecule has 2 aromatic carbocycles. The van der Waals surface area contributed by atoms with Crippen molar-refractivity contribution in [1.82, 2.24) is 5.32 Å². The van der Waals surface area contributed by atoms with Crippen LogP contribution in [0, 0.1) is 6.92 Å². The van der Waals surface area contributed by atoms with Crippen LogP contribution in [0.4, 0.5) is 0 Å². The van der Waals surface area contributed by atoms with Crippen molar-refractivity contribution in [3.05, 3.63) is 65.7 Å². The lowest BCUT2D eigenvalue weighted by atomic mass is 9.72. The normalized spacial score (nSPS) is 16.2. The fraction of sp³-hybridized carbons (Fsp3) is 0.381. The average Bonchev–Trinajstić information content (AvgIpc) is 2.67. The molecule has 1 fully saturated rings. The molecule has 25 heavy (non-hydrogen) atoms. The second-order valence-electron chi connectivity index (χ2n) is 6.59. The third-order valence-corrected chi connectivity index (χ3v) is 4.90. The van der Waals surface area contributed by atoms with E-state index in [4.69, 9.17) is 9.47 Å². The van der Waals surface area contributed by atoms with E-state index in [1.807, 2.05) is 30.3 Å². The fourth-order valence-corrected chi connectivity index (χ4v) is 3.46. The third-order valence-electron chi connectivity index (χ3n) is 4.90. The molecule has 0 unspecified atom stereocenters.